The Morgan fingerprint density at radius 1 is 1.00 bits per heavy atom. The maximum Gasteiger partial charge on any atom is 0.416 e. The van der Waals surface area contributed by atoms with Crippen LogP contribution in [0.2, 0.25) is 0 Å². The normalized spacial score (nSPS) is 11.1. The van der Waals surface area contributed by atoms with Gasteiger partial charge in [-0.15, -0.1) is 0 Å². The van der Waals surface area contributed by atoms with E-state index < -0.39 is 17.6 Å². The standard InChI is InChI=1S/C18H18F3NO3/c1-3-24-15-9-8-14(11-16(15)25-4-2)22-17(23)12-6-5-7-13(10-12)18(19,20)21/h5-11H,3-4H2,1-2H3,(H,22,23). The lowest BCUT2D eigenvalue weighted by Crippen LogP contribution is -2.14. The fourth-order valence-electron chi connectivity index (χ4n) is 2.17. The monoisotopic (exact) mass is 353 g/mol. The van der Waals surface area contributed by atoms with E-state index in [2.05, 4.69) is 5.32 Å². The van der Waals surface area contributed by atoms with Gasteiger partial charge < -0.3 is 14.8 Å². The van der Waals surface area contributed by atoms with E-state index in [9.17, 15) is 18.0 Å². The van der Waals surface area contributed by atoms with Gasteiger partial charge in [-0.25, -0.2) is 0 Å². The molecule has 1 N–H and O–H groups in total. The van der Waals surface area contributed by atoms with Crippen molar-refractivity contribution >= 4 is 11.6 Å². The van der Waals surface area contributed by atoms with E-state index in [-0.39, 0.29) is 5.56 Å². The van der Waals surface area contributed by atoms with E-state index in [0.29, 0.717) is 30.4 Å². The summed E-state index contributed by atoms with van der Waals surface area (Å²) in [4.78, 5) is 12.2. The van der Waals surface area contributed by atoms with Crippen LogP contribution in [0.25, 0.3) is 0 Å². The minimum Gasteiger partial charge on any atom is -0.490 e. The van der Waals surface area contributed by atoms with Crippen LogP contribution in [0, 0.1) is 0 Å². The fourth-order valence-corrected chi connectivity index (χ4v) is 2.17. The van der Waals surface area contributed by atoms with Crippen molar-refractivity contribution < 1.29 is 27.4 Å². The zero-order valence-corrected chi connectivity index (χ0v) is 13.8. The average molecular weight is 353 g/mol. The van der Waals surface area contributed by atoms with Crippen LogP contribution in [0.3, 0.4) is 0 Å². The number of ether oxygens (including phenoxy) is 2. The first kappa shape index (κ1) is 18.6. The summed E-state index contributed by atoms with van der Waals surface area (Å²) in [5.74, 6) is 0.338. The molecule has 2 aromatic rings. The zero-order chi connectivity index (χ0) is 18.4. The van der Waals surface area contributed by atoms with Gasteiger partial charge in [-0.3, -0.25) is 4.79 Å². The molecule has 7 heteroatoms. The summed E-state index contributed by atoms with van der Waals surface area (Å²) in [6.07, 6.45) is -4.50. The van der Waals surface area contributed by atoms with Gasteiger partial charge in [0, 0.05) is 17.3 Å². The second kappa shape index (κ2) is 7.92. The van der Waals surface area contributed by atoms with Gasteiger partial charge in [0.2, 0.25) is 0 Å². The number of amides is 1. The Kier molecular flexibility index (Phi) is 5.90. The molecule has 0 radical (unpaired) electrons. The number of benzene rings is 2. The van der Waals surface area contributed by atoms with E-state index in [4.69, 9.17) is 9.47 Å². The van der Waals surface area contributed by atoms with Gasteiger partial charge in [0.25, 0.3) is 5.91 Å². The second-order valence-electron chi connectivity index (χ2n) is 5.06. The maximum atomic E-state index is 12.8. The van der Waals surface area contributed by atoms with Gasteiger partial charge in [0.1, 0.15) is 0 Å². The van der Waals surface area contributed by atoms with Crippen LogP contribution in [0.1, 0.15) is 29.8 Å². The Labute approximate surface area is 143 Å². The van der Waals surface area contributed by atoms with Crippen LogP contribution in [0.15, 0.2) is 42.5 Å². The maximum absolute atomic E-state index is 12.8. The number of carbonyl (C=O) groups is 1. The molecular formula is C18H18F3NO3. The molecule has 0 bridgehead atoms. The van der Waals surface area contributed by atoms with E-state index in [1.165, 1.54) is 12.1 Å². The molecular weight excluding hydrogens is 335 g/mol. The number of anilines is 1. The van der Waals surface area contributed by atoms with Gasteiger partial charge in [-0.2, -0.15) is 13.2 Å². The molecule has 0 aliphatic carbocycles. The predicted molar refractivity (Wildman–Crippen MR) is 88.2 cm³/mol. The summed E-state index contributed by atoms with van der Waals surface area (Å²) in [7, 11) is 0. The highest BCUT2D eigenvalue weighted by Gasteiger charge is 2.30. The van der Waals surface area contributed by atoms with Crippen molar-refractivity contribution in [2.24, 2.45) is 0 Å². The number of nitrogens with one attached hydrogen (secondary N) is 1. The highest BCUT2D eigenvalue weighted by atomic mass is 19.4. The largest absolute Gasteiger partial charge is 0.490 e. The molecule has 1 amide bonds. The Morgan fingerprint density at radius 3 is 2.32 bits per heavy atom. The van der Waals surface area contributed by atoms with Crippen molar-refractivity contribution in [1.29, 1.82) is 0 Å². The zero-order valence-electron chi connectivity index (χ0n) is 13.8. The number of hydrogen-bond acceptors (Lipinski definition) is 3. The Morgan fingerprint density at radius 2 is 1.68 bits per heavy atom. The van der Waals surface area contributed by atoms with Gasteiger partial charge in [0.05, 0.1) is 18.8 Å². The van der Waals surface area contributed by atoms with Crippen molar-refractivity contribution in [3.05, 3.63) is 53.6 Å². The van der Waals surface area contributed by atoms with Gasteiger partial charge >= 0.3 is 6.18 Å². The average Bonchev–Trinajstić information content (AvgIpc) is 2.57. The lowest BCUT2D eigenvalue weighted by molar-refractivity contribution is -0.137. The van der Waals surface area contributed by atoms with Crippen LogP contribution >= 0.6 is 0 Å². The van der Waals surface area contributed by atoms with E-state index in [1.807, 2.05) is 13.8 Å². The molecule has 4 nitrogen and oxygen atoms in total. The van der Waals surface area contributed by atoms with E-state index >= 15 is 0 Å². The van der Waals surface area contributed by atoms with Crippen LogP contribution in [-0.2, 0) is 6.18 Å². The van der Waals surface area contributed by atoms with E-state index in [0.717, 1.165) is 12.1 Å². The quantitative estimate of drug-likeness (QED) is 0.815. The SMILES string of the molecule is CCOc1ccc(NC(=O)c2cccc(C(F)(F)F)c2)cc1OCC. The van der Waals surface area contributed by atoms with Crippen molar-refractivity contribution in [2.75, 3.05) is 18.5 Å². The third-order valence-corrected chi connectivity index (χ3v) is 3.25. The van der Waals surface area contributed by atoms with Crippen LogP contribution in [-0.4, -0.2) is 19.1 Å². The number of carbonyl (C=O) groups excluding carboxylic acids is 1. The van der Waals surface area contributed by atoms with Crippen LogP contribution in [0.4, 0.5) is 18.9 Å². The second-order valence-corrected chi connectivity index (χ2v) is 5.06. The van der Waals surface area contributed by atoms with Crippen molar-refractivity contribution in [2.45, 2.75) is 20.0 Å². The first-order valence-corrected chi connectivity index (χ1v) is 7.73. The summed E-state index contributed by atoms with van der Waals surface area (Å²) in [6, 6.07) is 9.05. The molecule has 0 spiro atoms. The summed E-state index contributed by atoms with van der Waals surface area (Å²) in [5, 5.41) is 2.56. The third-order valence-electron chi connectivity index (χ3n) is 3.25. The summed E-state index contributed by atoms with van der Waals surface area (Å²) >= 11 is 0. The van der Waals surface area contributed by atoms with Crippen molar-refractivity contribution in [1.82, 2.24) is 0 Å². The Bertz CT molecular complexity index is 745. The lowest BCUT2D eigenvalue weighted by Gasteiger charge is -2.13. The molecule has 0 aliphatic heterocycles. The highest BCUT2D eigenvalue weighted by molar-refractivity contribution is 6.04. The van der Waals surface area contributed by atoms with Crippen molar-refractivity contribution in [3.8, 4) is 11.5 Å². The summed E-state index contributed by atoms with van der Waals surface area (Å²) in [5.41, 5.74) is -0.558. The Balaban J connectivity index is 2.21. The number of alkyl halides is 3. The van der Waals surface area contributed by atoms with Gasteiger partial charge in [-0.05, 0) is 44.2 Å². The molecule has 0 heterocycles. The number of halogens is 3. The van der Waals surface area contributed by atoms with Gasteiger partial charge in [0.15, 0.2) is 11.5 Å². The molecule has 0 saturated heterocycles. The van der Waals surface area contributed by atoms with Crippen LogP contribution < -0.4 is 14.8 Å². The number of rotatable bonds is 6. The topological polar surface area (TPSA) is 47.6 Å². The predicted octanol–water partition coefficient (Wildman–Crippen LogP) is 4.76. The third kappa shape index (κ3) is 4.89. The van der Waals surface area contributed by atoms with Crippen molar-refractivity contribution in [3.63, 3.8) is 0 Å². The fraction of sp³-hybridized carbons (Fsp3) is 0.278. The smallest absolute Gasteiger partial charge is 0.416 e. The Hall–Kier alpha value is -2.70. The molecule has 0 aliphatic rings. The lowest BCUT2D eigenvalue weighted by atomic mass is 10.1. The molecule has 0 unspecified atom stereocenters. The molecule has 2 rings (SSSR count). The summed E-state index contributed by atoms with van der Waals surface area (Å²) < 4.78 is 49.1. The minimum atomic E-state index is -4.50. The van der Waals surface area contributed by atoms with Crippen LogP contribution in [0.5, 0.6) is 11.5 Å². The molecule has 0 fully saturated rings. The first-order valence-electron chi connectivity index (χ1n) is 7.73. The first-order chi connectivity index (χ1) is 11.8. The molecule has 2 aromatic carbocycles. The summed E-state index contributed by atoms with van der Waals surface area (Å²) in [6.45, 7) is 4.50. The number of hydrogen-bond donors (Lipinski definition) is 1. The molecule has 25 heavy (non-hydrogen) atoms. The van der Waals surface area contributed by atoms with Gasteiger partial charge in [-0.1, -0.05) is 6.07 Å². The molecule has 0 atom stereocenters. The highest BCUT2D eigenvalue weighted by Crippen LogP contribution is 2.32. The minimum absolute atomic E-state index is 0.0818. The molecule has 0 aromatic heterocycles. The van der Waals surface area contributed by atoms with E-state index in [1.54, 1.807) is 18.2 Å². The molecule has 0 saturated carbocycles. The molecule has 134 valence electrons.